The van der Waals surface area contributed by atoms with Gasteiger partial charge in [-0.1, -0.05) is 24.1 Å². The first kappa shape index (κ1) is 27.4. The smallest absolute Gasteiger partial charge is 0.296 e. The van der Waals surface area contributed by atoms with Gasteiger partial charge >= 0.3 is 0 Å². The standard InChI is InChI=1S/C24H28F2N6O.C4H9NO/c1-16-6-5-9-18-21(16)32(23(28-18)22(25)26)20-14-19(31-10-12-33-13-11-31)29-24(30-20)27-15-17-7-3-2-4-8-17;1-3-6-4-2-5-1/h5-6,9,14-15,22H,2-4,7-8,10-13H2,1H3,(H,27,29,30);5H,1-4H2. The van der Waals surface area contributed by atoms with E-state index in [0.29, 0.717) is 54.9 Å². The van der Waals surface area contributed by atoms with Crippen LogP contribution >= 0.6 is 0 Å². The highest BCUT2D eigenvalue weighted by molar-refractivity contribution is 5.81. The molecule has 1 aliphatic carbocycles. The Balaban J connectivity index is 0.000000455. The number of anilines is 2. The minimum absolute atomic E-state index is 0.317. The first-order valence-corrected chi connectivity index (χ1v) is 13.8. The van der Waals surface area contributed by atoms with Crippen molar-refractivity contribution in [2.75, 3.05) is 62.8 Å². The lowest BCUT2D eigenvalue weighted by Crippen LogP contribution is -2.37. The number of allylic oxidation sites excluding steroid dienone is 1. The average molecular weight is 542 g/mol. The van der Waals surface area contributed by atoms with Gasteiger partial charge in [-0.3, -0.25) is 4.57 Å². The van der Waals surface area contributed by atoms with E-state index < -0.39 is 6.43 Å². The number of para-hydroxylation sites is 1. The van der Waals surface area contributed by atoms with Crippen molar-refractivity contribution in [2.24, 2.45) is 0 Å². The normalized spacial score (nSPS) is 18.2. The fraction of sp³-hybridized carbons (Fsp3) is 0.536. The fourth-order valence-corrected chi connectivity index (χ4v) is 5.08. The zero-order valence-electron chi connectivity index (χ0n) is 22.5. The van der Waals surface area contributed by atoms with Gasteiger partial charge in [0, 0.05) is 38.4 Å². The van der Waals surface area contributed by atoms with Crippen LogP contribution in [0.3, 0.4) is 0 Å². The summed E-state index contributed by atoms with van der Waals surface area (Å²) in [5, 5.41) is 6.40. The molecule has 1 aromatic carbocycles. The molecule has 210 valence electrons. The Hall–Kier alpha value is -3.15. The van der Waals surface area contributed by atoms with E-state index in [-0.39, 0.29) is 5.82 Å². The Labute approximate surface area is 227 Å². The predicted molar refractivity (Wildman–Crippen MR) is 148 cm³/mol. The Morgan fingerprint density at radius 2 is 1.67 bits per heavy atom. The molecule has 0 radical (unpaired) electrons. The van der Waals surface area contributed by atoms with Gasteiger partial charge in [-0.05, 0) is 44.2 Å². The zero-order chi connectivity index (χ0) is 27.0. The molecule has 2 N–H and O–H groups in total. The molecule has 0 unspecified atom stereocenters. The molecule has 3 aliphatic rings. The molecular weight excluding hydrogens is 504 g/mol. The summed E-state index contributed by atoms with van der Waals surface area (Å²) in [6.07, 6.45) is 4.99. The summed E-state index contributed by atoms with van der Waals surface area (Å²) in [7, 11) is 0. The van der Waals surface area contributed by atoms with E-state index in [0.717, 1.165) is 44.7 Å². The maximum Gasteiger partial charge on any atom is 0.296 e. The molecule has 0 spiro atoms. The molecule has 3 fully saturated rings. The lowest BCUT2D eigenvalue weighted by molar-refractivity contribution is 0.109. The van der Waals surface area contributed by atoms with Crippen LogP contribution in [-0.2, 0) is 9.47 Å². The number of rotatable bonds is 5. The maximum absolute atomic E-state index is 14.1. The van der Waals surface area contributed by atoms with Gasteiger partial charge in [-0.2, -0.15) is 9.97 Å². The van der Waals surface area contributed by atoms with E-state index in [2.05, 4.69) is 25.5 Å². The second-order valence-corrected chi connectivity index (χ2v) is 9.93. The molecule has 2 aliphatic heterocycles. The fourth-order valence-electron chi connectivity index (χ4n) is 5.08. The molecule has 9 nitrogen and oxygen atoms in total. The lowest BCUT2D eigenvalue weighted by Gasteiger charge is -2.28. The van der Waals surface area contributed by atoms with E-state index in [4.69, 9.17) is 14.5 Å². The molecule has 39 heavy (non-hydrogen) atoms. The van der Waals surface area contributed by atoms with Crippen LogP contribution in [-0.4, -0.2) is 72.1 Å². The Morgan fingerprint density at radius 1 is 0.949 bits per heavy atom. The number of imidazole rings is 1. The molecular formula is C28H37F2N7O2. The van der Waals surface area contributed by atoms with Crippen molar-refractivity contribution in [1.29, 1.82) is 0 Å². The highest BCUT2D eigenvalue weighted by Crippen LogP contribution is 2.31. The second-order valence-electron chi connectivity index (χ2n) is 9.93. The SMILES string of the molecule is C1COCCN1.Cc1cccc2nc(C(F)F)n(-c3cc(N4CCOCC4)nc(NC=C4CCCCC4)n3)c12. The first-order chi connectivity index (χ1) is 19.1. The number of ether oxygens (including phenoxy) is 2. The zero-order valence-corrected chi connectivity index (χ0v) is 22.5. The largest absolute Gasteiger partial charge is 0.379 e. The molecule has 1 saturated carbocycles. The number of halogens is 2. The highest BCUT2D eigenvalue weighted by atomic mass is 19.3. The minimum Gasteiger partial charge on any atom is -0.379 e. The number of fused-ring (bicyclic) bond motifs is 1. The van der Waals surface area contributed by atoms with Gasteiger partial charge < -0.3 is 25.0 Å². The van der Waals surface area contributed by atoms with Gasteiger partial charge in [0.15, 0.2) is 5.82 Å². The molecule has 2 saturated heterocycles. The molecule has 0 bridgehead atoms. The average Bonchev–Trinajstić information content (AvgIpc) is 3.40. The molecule has 0 amide bonds. The van der Waals surface area contributed by atoms with Crippen molar-refractivity contribution in [3.63, 3.8) is 0 Å². The number of morpholine rings is 2. The van der Waals surface area contributed by atoms with Gasteiger partial charge in [0.05, 0.1) is 37.5 Å². The minimum atomic E-state index is -2.74. The number of alkyl halides is 2. The van der Waals surface area contributed by atoms with E-state index in [1.54, 1.807) is 12.1 Å². The third-order valence-corrected chi connectivity index (χ3v) is 7.11. The predicted octanol–water partition coefficient (Wildman–Crippen LogP) is 4.76. The van der Waals surface area contributed by atoms with Gasteiger partial charge in [-0.25, -0.2) is 13.8 Å². The monoisotopic (exact) mass is 541 g/mol. The van der Waals surface area contributed by atoms with E-state index in [1.165, 1.54) is 29.4 Å². The van der Waals surface area contributed by atoms with Gasteiger partial charge in [0.1, 0.15) is 11.6 Å². The summed E-state index contributed by atoms with van der Waals surface area (Å²) >= 11 is 0. The van der Waals surface area contributed by atoms with Crippen LogP contribution < -0.4 is 15.5 Å². The van der Waals surface area contributed by atoms with Crippen LogP contribution in [0, 0.1) is 6.92 Å². The first-order valence-electron chi connectivity index (χ1n) is 13.8. The molecule has 2 aromatic heterocycles. The van der Waals surface area contributed by atoms with Gasteiger partial charge in [-0.15, -0.1) is 0 Å². The maximum atomic E-state index is 14.1. The van der Waals surface area contributed by atoms with Crippen LogP contribution in [0.25, 0.3) is 16.9 Å². The molecule has 11 heteroatoms. The molecule has 6 rings (SSSR count). The molecule has 3 aromatic rings. The Bertz CT molecular complexity index is 1250. The second kappa shape index (κ2) is 13.3. The Morgan fingerprint density at radius 3 is 2.33 bits per heavy atom. The number of nitrogens with one attached hydrogen (secondary N) is 2. The number of hydrogen-bond acceptors (Lipinski definition) is 8. The van der Waals surface area contributed by atoms with E-state index >= 15 is 0 Å². The quantitative estimate of drug-likeness (QED) is 0.478. The van der Waals surface area contributed by atoms with Gasteiger partial charge in [0.2, 0.25) is 5.95 Å². The van der Waals surface area contributed by atoms with Crippen molar-refractivity contribution in [2.45, 2.75) is 45.5 Å². The summed E-state index contributed by atoms with van der Waals surface area (Å²) in [4.78, 5) is 15.7. The topological polar surface area (TPSA) is 89.4 Å². The summed E-state index contributed by atoms with van der Waals surface area (Å²) in [6, 6.07) is 7.24. The van der Waals surface area contributed by atoms with Crippen LogP contribution in [0.2, 0.25) is 0 Å². The van der Waals surface area contributed by atoms with Crippen molar-refractivity contribution in [1.82, 2.24) is 24.8 Å². The van der Waals surface area contributed by atoms with E-state index in [1.807, 2.05) is 25.3 Å². The summed E-state index contributed by atoms with van der Waals surface area (Å²) in [6.45, 7) is 8.29. The van der Waals surface area contributed by atoms with Crippen molar-refractivity contribution < 1.29 is 18.3 Å². The Kier molecular flexibility index (Phi) is 9.33. The number of aromatic nitrogens is 4. The number of benzene rings is 1. The summed E-state index contributed by atoms with van der Waals surface area (Å²) in [5.41, 5.74) is 3.35. The lowest BCUT2D eigenvalue weighted by atomic mass is 9.96. The van der Waals surface area contributed by atoms with Crippen molar-refractivity contribution in [3.05, 3.63) is 47.4 Å². The highest BCUT2D eigenvalue weighted by Gasteiger charge is 2.24. The molecule has 4 heterocycles. The van der Waals surface area contributed by atoms with Gasteiger partial charge in [0.25, 0.3) is 6.43 Å². The third kappa shape index (κ3) is 6.90. The third-order valence-electron chi connectivity index (χ3n) is 7.11. The summed E-state index contributed by atoms with van der Waals surface area (Å²) < 4.78 is 40.1. The number of hydrogen-bond donors (Lipinski definition) is 2. The number of nitrogens with zero attached hydrogens (tertiary/aromatic N) is 5. The van der Waals surface area contributed by atoms with Crippen molar-refractivity contribution >= 4 is 22.8 Å². The van der Waals surface area contributed by atoms with Crippen molar-refractivity contribution in [3.8, 4) is 5.82 Å². The molecule has 0 atom stereocenters. The van der Waals surface area contributed by atoms with Crippen LogP contribution in [0.15, 0.2) is 36.0 Å². The van der Waals surface area contributed by atoms with Crippen LogP contribution in [0.1, 0.15) is 49.9 Å². The van der Waals surface area contributed by atoms with Crippen LogP contribution in [0.4, 0.5) is 20.5 Å². The number of aryl methyl sites for hydroxylation is 1. The van der Waals surface area contributed by atoms with E-state index in [9.17, 15) is 8.78 Å². The van der Waals surface area contributed by atoms with Crippen LogP contribution in [0.5, 0.6) is 0 Å². The summed E-state index contributed by atoms with van der Waals surface area (Å²) in [5.74, 6) is 1.14.